The second-order valence-electron chi connectivity index (χ2n) is 6.76. The molecule has 0 bridgehead atoms. The van der Waals surface area contributed by atoms with Crippen LogP contribution in [0.4, 0.5) is 0 Å². The third-order valence-corrected chi connectivity index (χ3v) is 6.89. The van der Waals surface area contributed by atoms with E-state index in [1.807, 2.05) is 6.92 Å². The molecule has 0 unspecified atom stereocenters. The van der Waals surface area contributed by atoms with E-state index in [4.69, 9.17) is 16.3 Å². The highest BCUT2D eigenvalue weighted by Gasteiger charge is 2.29. The number of sulfonamides is 1. The Hall–Kier alpha value is -2.42. The molecule has 3 rings (SSSR count). The van der Waals surface area contributed by atoms with E-state index < -0.39 is 16.0 Å². The zero-order valence-corrected chi connectivity index (χ0v) is 17.7. The number of carbonyl (C=O) groups excluding carboxylic acids is 2. The number of hydrogen-bond acceptors (Lipinski definition) is 5. The predicted octanol–water partition coefficient (Wildman–Crippen LogP) is 2.72. The molecule has 2 aromatic rings. The van der Waals surface area contributed by atoms with Crippen LogP contribution in [-0.2, 0) is 14.8 Å². The molecule has 1 amide bonds. The summed E-state index contributed by atoms with van der Waals surface area (Å²) in [4.78, 5) is 25.6. The van der Waals surface area contributed by atoms with Crippen molar-refractivity contribution in [1.29, 1.82) is 0 Å². The minimum atomic E-state index is -3.79. The lowest BCUT2D eigenvalue weighted by Gasteiger charge is -2.33. The van der Waals surface area contributed by atoms with Crippen molar-refractivity contribution < 1.29 is 22.7 Å². The molecule has 1 fully saturated rings. The Balaban J connectivity index is 1.79. The maximum atomic E-state index is 12.9. The van der Waals surface area contributed by atoms with Gasteiger partial charge in [0.15, 0.2) is 0 Å². The maximum absolute atomic E-state index is 12.9. The molecule has 0 spiro atoms. The Labute approximate surface area is 174 Å². The van der Waals surface area contributed by atoms with Crippen molar-refractivity contribution in [3.8, 4) is 5.75 Å². The first-order valence-electron chi connectivity index (χ1n) is 9.02. The van der Waals surface area contributed by atoms with E-state index in [-0.39, 0.29) is 40.2 Å². The number of piperazine rings is 1. The van der Waals surface area contributed by atoms with Crippen LogP contribution in [0.5, 0.6) is 5.75 Å². The molecule has 29 heavy (non-hydrogen) atoms. The summed E-state index contributed by atoms with van der Waals surface area (Å²) in [5.74, 6) is -0.567. The molecule has 0 saturated carbocycles. The molecule has 9 heteroatoms. The maximum Gasteiger partial charge on any atom is 0.343 e. The van der Waals surface area contributed by atoms with E-state index in [2.05, 4.69) is 0 Å². The molecule has 1 heterocycles. The van der Waals surface area contributed by atoms with Crippen molar-refractivity contribution >= 4 is 33.5 Å². The monoisotopic (exact) mass is 436 g/mol. The summed E-state index contributed by atoms with van der Waals surface area (Å²) in [5, 5.41) is 0.288. The van der Waals surface area contributed by atoms with Crippen LogP contribution in [0, 0.1) is 6.92 Å². The van der Waals surface area contributed by atoms with E-state index in [0.29, 0.717) is 13.1 Å². The number of hydrogen-bond donors (Lipinski definition) is 0. The summed E-state index contributed by atoms with van der Waals surface area (Å²) in [6.45, 7) is 4.38. The lowest BCUT2D eigenvalue weighted by Crippen LogP contribution is -2.49. The minimum Gasteiger partial charge on any atom is -0.421 e. The second-order valence-corrected chi connectivity index (χ2v) is 9.11. The Kier molecular flexibility index (Phi) is 6.26. The number of nitrogens with zero attached hydrogens (tertiary/aromatic N) is 2. The van der Waals surface area contributed by atoms with Crippen LogP contribution in [0.3, 0.4) is 0 Å². The molecule has 0 atom stereocenters. The molecule has 7 nitrogen and oxygen atoms in total. The fourth-order valence-electron chi connectivity index (χ4n) is 3.02. The molecule has 2 aromatic carbocycles. The summed E-state index contributed by atoms with van der Waals surface area (Å²) in [5.41, 5.74) is 0.976. The number of rotatable bonds is 4. The number of carbonyl (C=O) groups is 2. The Morgan fingerprint density at radius 2 is 1.72 bits per heavy atom. The van der Waals surface area contributed by atoms with Crippen LogP contribution < -0.4 is 4.74 Å². The van der Waals surface area contributed by atoms with Crippen molar-refractivity contribution in [1.82, 2.24) is 9.21 Å². The highest BCUT2D eigenvalue weighted by Crippen LogP contribution is 2.27. The van der Waals surface area contributed by atoms with Crippen molar-refractivity contribution in [2.75, 3.05) is 26.2 Å². The van der Waals surface area contributed by atoms with Gasteiger partial charge in [0.1, 0.15) is 5.75 Å². The van der Waals surface area contributed by atoms with Gasteiger partial charge in [0.25, 0.3) is 0 Å². The standard InChI is InChI=1S/C20H21ClN2O5S/c1-14-6-7-18(21)19(12-14)28-20(25)16-4-3-5-17(13-16)29(26,27)23-10-8-22(9-11-23)15(2)24/h3-7,12-13H,8-11H2,1-2H3. The van der Waals surface area contributed by atoms with Gasteiger partial charge < -0.3 is 9.64 Å². The van der Waals surface area contributed by atoms with Gasteiger partial charge >= 0.3 is 5.97 Å². The fourth-order valence-corrected chi connectivity index (χ4v) is 4.65. The summed E-state index contributed by atoms with van der Waals surface area (Å²) in [6.07, 6.45) is 0. The fraction of sp³-hybridized carbons (Fsp3) is 0.300. The first-order chi connectivity index (χ1) is 13.7. The quantitative estimate of drug-likeness (QED) is 0.543. The van der Waals surface area contributed by atoms with Gasteiger partial charge in [-0.15, -0.1) is 0 Å². The average Bonchev–Trinajstić information content (AvgIpc) is 2.71. The topological polar surface area (TPSA) is 84.0 Å². The Bertz CT molecular complexity index is 1050. The number of aryl methyl sites for hydroxylation is 1. The summed E-state index contributed by atoms with van der Waals surface area (Å²) in [7, 11) is -3.79. The molecule has 1 aliphatic rings. The highest BCUT2D eigenvalue weighted by molar-refractivity contribution is 7.89. The van der Waals surface area contributed by atoms with Crippen molar-refractivity contribution in [3.63, 3.8) is 0 Å². The number of ether oxygens (including phenoxy) is 1. The predicted molar refractivity (Wildman–Crippen MR) is 109 cm³/mol. The van der Waals surface area contributed by atoms with E-state index in [0.717, 1.165) is 5.56 Å². The number of esters is 1. The molecule has 1 aliphatic heterocycles. The summed E-state index contributed by atoms with van der Waals surface area (Å²) in [6, 6.07) is 10.8. The largest absolute Gasteiger partial charge is 0.421 e. The van der Waals surface area contributed by atoms with Gasteiger partial charge in [-0.25, -0.2) is 13.2 Å². The van der Waals surface area contributed by atoms with Gasteiger partial charge in [-0.1, -0.05) is 23.7 Å². The molecular weight excluding hydrogens is 416 g/mol. The summed E-state index contributed by atoms with van der Waals surface area (Å²) < 4.78 is 32.5. The van der Waals surface area contributed by atoms with Gasteiger partial charge in [0.2, 0.25) is 15.9 Å². The second kappa shape index (κ2) is 8.52. The molecule has 154 valence electrons. The van der Waals surface area contributed by atoms with Gasteiger partial charge in [-0.05, 0) is 42.8 Å². The first kappa shape index (κ1) is 21.3. The van der Waals surface area contributed by atoms with Crippen LogP contribution in [0.15, 0.2) is 47.4 Å². The minimum absolute atomic E-state index is 0.00133. The van der Waals surface area contributed by atoms with Gasteiger partial charge in [0, 0.05) is 33.1 Å². The van der Waals surface area contributed by atoms with Crippen molar-refractivity contribution in [3.05, 3.63) is 58.6 Å². The molecule has 0 N–H and O–H groups in total. The Morgan fingerprint density at radius 3 is 2.38 bits per heavy atom. The lowest BCUT2D eigenvalue weighted by molar-refractivity contribution is -0.129. The first-order valence-corrected chi connectivity index (χ1v) is 10.8. The van der Waals surface area contributed by atoms with Crippen molar-refractivity contribution in [2.24, 2.45) is 0 Å². The zero-order valence-electron chi connectivity index (χ0n) is 16.1. The zero-order chi connectivity index (χ0) is 21.2. The van der Waals surface area contributed by atoms with Crippen LogP contribution in [0.2, 0.25) is 5.02 Å². The van der Waals surface area contributed by atoms with Gasteiger partial charge in [-0.3, -0.25) is 4.79 Å². The number of halogens is 1. The molecule has 0 aromatic heterocycles. The van der Waals surface area contributed by atoms with Gasteiger partial charge in [-0.2, -0.15) is 4.31 Å². The summed E-state index contributed by atoms with van der Waals surface area (Å²) >= 11 is 6.06. The molecule has 0 radical (unpaired) electrons. The Morgan fingerprint density at radius 1 is 1.03 bits per heavy atom. The normalized spacial score (nSPS) is 15.2. The van der Waals surface area contributed by atoms with Crippen LogP contribution in [-0.4, -0.2) is 55.7 Å². The number of amides is 1. The lowest BCUT2D eigenvalue weighted by atomic mass is 10.2. The van der Waals surface area contributed by atoms with E-state index in [9.17, 15) is 18.0 Å². The van der Waals surface area contributed by atoms with Crippen LogP contribution in [0.25, 0.3) is 0 Å². The van der Waals surface area contributed by atoms with E-state index in [1.54, 1.807) is 23.1 Å². The third kappa shape index (κ3) is 4.77. The third-order valence-electron chi connectivity index (χ3n) is 4.68. The number of benzene rings is 2. The van der Waals surface area contributed by atoms with Crippen molar-refractivity contribution in [2.45, 2.75) is 18.7 Å². The van der Waals surface area contributed by atoms with E-state index in [1.165, 1.54) is 35.5 Å². The highest BCUT2D eigenvalue weighted by atomic mass is 35.5. The van der Waals surface area contributed by atoms with Gasteiger partial charge in [0.05, 0.1) is 15.5 Å². The van der Waals surface area contributed by atoms with E-state index >= 15 is 0 Å². The molecule has 1 saturated heterocycles. The average molecular weight is 437 g/mol. The van der Waals surface area contributed by atoms with Crippen LogP contribution in [0.1, 0.15) is 22.8 Å². The molecular formula is C20H21ClN2O5S. The van der Waals surface area contributed by atoms with Crippen LogP contribution >= 0.6 is 11.6 Å². The smallest absolute Gasteiger partial charge is 0.343 e. The molecule has 0 aliphatic carbocycles. The SMILES string of the molecule is CC(=O)N1CCN(S(=O)(=O)c2cccc(C(=O)Oc3cc(C)ccc3Cl)c2)CC1.